The summed E-state index contributed by atoms with van der Waals surface area (Å²) in [6, 6.07) is 0. The van der Waals surface area contributed by atoms with E-state index in [2.05, 4.69) is 29.3 Å². The second kappa shape index (κ2) is 12.5. The van der Waals surface area contributed by atoms with Crippen LogP contribution in [0, 0.1) is 0 Å². The number of ether oxygens (including phenoxy) is 4. The number of nitrogens with two attached hydrogens (primary N) is 1. The van der Waals surface area contributed by atoms with Gasteiger partial charge in [-0.15, -0.1) is 0 Å². The van der Waals surface area contributed by atoms with Gasteiger partial charge in [0.25, 0.3) is 5.56 Å². The fourth-order valence-electron chi connectivity index (χ4n) is 2.41. The standard InChI is InChI=1S/C18H28N5O11P/c1-10(2)31-17(25)28-8-30-35(27,34-33-18(26)32-11(3)4)9-29-12(5)6-23-7-20-13-14(23)21-16(19)22-15(13)24/h7,10-12H,6,8-9H2,1-5H3,(H3,19,21,22,24). The molecule has 2 atom stereocenters. The van der Waals surface area contributed by atoms with Crippen molar-refractivity contribution in [3.05, 3.63) is 16.7 Å². The van der Waals surface area contributed by atoms with E-state index in [1.54, 1.807) is 34.6 Å². The van der Waals surface area contributed by atoms with Crippen LogP contribution in [0.5, 0.6) is 0 Å². The lowest BCUT2D eigenvalue weighted by Gasteiger charge is -2.20. The molecule has 0 fully saturated rings. The molecule has 2 aromatic rings. The van der Waals surface area contributed by atoms with Crippen molar-refractivity contribution in [3.8, 4) is 0 Å². The van der Waals surface area contributed by atoms with Crippen LogP contribution >= 0.6 is 7.60 Å². The van der Waals surface area contributed by atoms with Gasteiger partial charge in [-0.1, -0.05) is 4.67 Å². The number of imidazole rings is 1. The summed E-state index contributed by atoms with van der Waals surface area (Å²) in [6.45, 7) is 7.20. The lowest BCUT2D eigenvalue weighted by molar-refractivity contribution is -0.186. The highest BCUT2D eigenvalue weighted by molar-refractivity contribution is 7.53. The fourth-order valence-corrected chi connectivity index (χ4v) is 3.40. The van der Waals surface area contributed by atoms with Gasteiger partial charge >= 0.3 is 19.9 Å². The topological polar surface area (TPSA) is 205 Å². The number of nitrogen functional groups attached to an aromatic ring is 1. The molecule has 2 aromatic heterocycles. The van der Waals surface area contributed by atoms with Crippen molar-refractivity contribution < 1.29 is 47.2 Å². The van der Waals surface area contributed by atoms with Crippen LogP contribution in [0.1, 0.15) is 34.6 Å². The second-order valence-corrected chi connectivity index (χ2v) is 9.51. The molecule has 0 aliphatic carbocycles. The van der Waals surface area contributed by atoms with Gasteiger partial charge in [0.1, 0.15) is 0 Å². The lowest BCUT2D eigenvalue weighted by atomic mass is 10.4. The number of aromatic amines is 1. The molecule has 35 heavy (non-hydrogen) atoms. The van der Waals surface area contributed by atoms with Crippen LogP contribution < -0.4 is 11.3 Å². The molecule has 0 bridgehead atoms. The van der Waals surface area contributed by atoms with E-state index in [-0.39, 0.29) is 23.7 Å². The predicted molar refractivity (Wildman–Crippen MR) is 118 cm³/mol. The Bertz CT molecular complexity index is 1120. The zero-order valence-electron chi connectivity index (χ0n) is 19.8. The Balaban J connectivity index is 2.01. The van der Waals surface area contributed by atoms with Crippen LogP contribution in [0.2, 0.25) is 0 Å². The van der Waals surface area contributed by atoms with Gasteiger partial charge in [-0.3, -0.25) is 23.8 Å². The molecule has 2 unspecified atom stereocenters. The van der Waals surface area contributed by atoms with Crippen molar-refractivity contribution in [2.45, 2.75) is 59.5 Å². The molecule has 0 amide bonds. The third kappa shape index (κ3) is 9.16. The highest BCUT2D eigenvalue weighted by Crippen LogP contribution is 2.48. The largest absolute Gasteiger partial charge is 0.541 e. The van der Waals surface area contributed by atoms with Crippen molar-refractivity contribution in [2.24, 2.45) is 0 Å². The average molecular weight is 521 g/mol. The second-order valence-electron chi connectivity index (χ2n) is 7.62. The Morgan fingerprint density at radius 3 is 2.46 bits per heavy atom. The number of carbonyl (C=O) groups excluding carboxylic acids is 2. The molecule has 0 saturated carbocycles. The molecule has 3 N–H and O–H groups in total. The van der Waals surface area contributed by atoms with Gasteiger partial charge in [-0.2, -0.15) is 4.98 Å². The molecule has 0 radical (unpaired) electrons. The first-order chi connectivity index (χ1) is 16.4. The Morgan fingerprint density at radius 1 is 1.14 bits per heavy atom. The molecule has 0 aromatic carbocycles. The lowest BCUT2D eigenvalue weighted by Crippen LogP contribution is -2.20. The third-order valence-electron chi connectivity index (χ3n) is 3.77. The summed E-state index contributed by atoms with van der Waals surface area (Å²) < 4.78 is 43.8. The summed E-state index contributed by atoms with van der Waals surface area (Å²) in [6.07, 6.45) is -3.35. The number of nitrogens with zero attached hydrogens (tertiary/aromatic N) is 3. The number of hydrogen-bond acceptors (Lipinski definition) is 14. The first-order valence-corrected chi connectivity index (χ1v) is 12.1. The summed E-state index contributed by atoms with van der Waals surface area (Å²) >= 11 is 0. The van der Waals surface area contributed by atoms with E-state index < -0.39 is 56.9 Å². The SMILES string of the molecule is CC(C)OC(=O)OCOP(=O)(COC(C)Cn1cnc2c(=O)[nH]c(N)nc21)OOC(=O)OC(C)C. The molecule has 2 rings (SSSR count). The monoisotopic (exact) mass is 521 g/mol. The maximum atomic E-state index is 13.0. The van der Waals surface area contributed by atoms with Gasteiger partial charge in [0.15, 0.2) is 17.5 Å². The highest BCUT2D eigenvalue weighted by atomic mass is 31.2. The van der Waals surface area contributed by atoms with E-state index in [1.807, 2.05) is 0 Å². The quantitative estimate of drug-likeness (QED) is 0.135. The number of hydrogen-bond donors (Lipinski definition) is 2. The molecule has 0 saturated heterocycles. The Morgan fingerprint density at radius 2 is 1.80 bits per heavy atom. The van der Waals surface area contributed by atoms with Crippen LogP contribution in [0.3, 0.4) is 0 Å². The number of H-pyrrole nitrogens is 1. The minimum absolute atomic E-state index is 0.0752. The van der Waals surface area contributed by atoms with Crippen molar-refractivity contribution in [2.75, 3.05) is 18.9 Å². The molecule has 2 heterocycles. The van der Waals surface area contributed by atoms with Gasteiger partial charge in [-0.05, 0) is 34.6 Å². The van der Waals surface area contributed by atoms with E-state index in [9.17, 15) is 18.9 Å². The van der Waals surface area contributed by atoms with Crippen molar-refractivity contribution in [1.82, 2.24) is 19.5 Å². The van der Waals surface area contributed by atoms with Crippen molar-refractivity contribution in [1.29, 1.82) is 0 Å². The summed E-state index contributed by atoms with van der Waals surface area (Å²) in [5, 5.41) is 0. The summed E-state index contributed by atoms with van der Waals surface area (Å²) in [5.41, 5.74) is 5.36. The first-order valence-electron chi connectivity index (χ1n) is 10.3. The fraction of sp³-hybridized carbons (Fsp3) is 0.611. The molecule has 196 valence electrons. The maximum Gasteiger partial charge on any atom is 0.541 e. The summed E-state index contributed by atoms with van der Waals surface area (Å²) in [7, 11) is -4.31. The minimum Gasteiger partial charge on any atom is -0.432 e. The smallest absolute Gasteiger partial charge is 0.432 e. The zero-order chi connectivity index (χ0) is 26.2. The van der Waals surface area contributed by atoms with Crippen LogP contribution in [-0.2, 0) is 44.1 Å². The van der Waals surface area contributed by atoms with E-state index in [0.29, 0.717) is 0 Å². The third-order valence-corrected chi connectivity index (χ3v) is 5.04. The normalized spacial score (nSPS) is 14.0. The van der Waals surface area contributed by atoms with Crippen LogP contribution in [0.4, 0.5) is 15.5 Å². The van der Waals surface area contributed by atoms with Gasteiger partial charge < -0.3 is 29.2 Å². The molecule has 0 spiro atoms. The van der Waals surface area contributed by atoms with E-state index in [0.717, 1.165) is 0 Å². The molecule has 0 aliphatic heterocycles. The van der Waals surface area contributed by atoms with E-state index in [4.69, 9.17) is 24.5 Å². The number of anilines is 1. The average Bonchev–Trinajstić information content (AvgIpc) is 3.13. The summed E-state index contributed by atoms with van der Waals surface area (Å²) in [5.74, 6) is -0.0921. The minimum atomic E-state index is -4.31. The van der Waals surface area contributed by atoms with Crippen LogP contribution in [-0.4, -0.2) is 63.3 Å². The molecular weight excluding hydrogens is 493 g/mol. The number of aromatic nitrogens is 4. The number of nitrogens with one attached hydrogen (secondary N) is 1. The van der Waals surface area contributed by atoms with E-state index >= 15 is 0 Å². The molecular formula is C18H28N5O11P. The summed E-state index contributed by atoms with van der Waals surface area (Å²) in [4.78, 5) is 49.7. The van der Waals surface area contributed by atoms with Gasteiger partial charge in [0, 0.05) is 0 Å². The number of rotatable bonds is 12. The number of fused-ring (bicyclic) bond motifs is 1. The van der Waals surface area contributed by atoms with Crippen LogP contribution in [0.25, 0.3) is 11.2 Å². The maximum absolute atomic E-state index is 13.0. The van der Waals surface area contributed by atoms with E-state index in [1.165, 1.54) is 10.9 Å². The van der Waals surface area contributed by atoms with Gasteiger partial charge in [0.2, 0.25) is 12.7 Å². The Kier molecular flexibility index (Phi) is 10.0. The van der Waals surface area contributed by atoms with Gasteiger partial charge in [-0.25, -0.2) is 14.6 Å². The zero-order valence-corrected chi connectivity index (χ0v) is 20.7. The molecule has 0 aliphatic rings. The van der Waals surface area contributed by atoms with Crippen molar-refractivity contribution >= 4 is 37.0 Å². The highest BCUT2D eigenvalue weighted by Gasteiger charge is 2.31. The van der Waals surface area contributed by atoms with Crippen molar-refractivity contribution in [3.63, 3.8) is 0 Å². The Hall–Kier alpha value is -3.20. The van der Waals surface area contributed by atoms with Crippen LogP contribution in [0.15, 0.2) is 11.1 Å². The molecule has 17 heteroatoms. The first kappa shape index (κ1) is 28.0. The molecule has 16 nitrogen and oxygen atoms in total. The predicted octanol–water partition coefficient (Wildman–Crippen LogP) is 2.29. The Labute approximate surface area is 199 Å². The van der Waals surface area contributed by atoms with Gasteiger partial charge in [0.05, 0.1) is 31.2 Å². The number of carbonyl (C=O) groups is 2.